The molecule has 1 aliphatic heterocycles. The first-order valence-electron chi connectivity index (χ1n) is 14.9. The molecule has 0 spiro atoms. The number of carbonyl (C=O) groups excluding carboxylic acids is 2. The molecular formula is C33H43ClN6O2. The van der Waals surface area contributed by atoms with Crippen LogP contribution in [0.5, 0.6) is 0 Å². The van der Waals surface area contributed by atoms with Gasteiger partial charge >= 0.3 is 0 Å². The third-order valence-corrected chi connectivity index (χ3v) is 7.94. The Morgan fingerprint density at radius 3 is 2.60 bits per heavy atom. The molecule has 0 bridgehead atoms. The van der Waals surface area contributed by atoms with Gasteiger partial charge in [-0.2, -0.15) is 0 Å². The van der Waals surface area contributed by atoms with Gasteiger partial charge in [-0.1, -0.05) is 61.0 Å². The molecule has 1 aliphatic rings. The molecule has 42 heavy (non-hydrogen) atoms. The Morgan fingerprint density at radius 1 is 1.12 bits per heavy atom. The highest BCUT2D eigenvalue weighted by molar-refractivity contribution is 6.31. The number of amides is 2. The summed E-state index contributed by atoms with van der Waals surface area (Å²) in [7, 11) is 0. The average Bonchev–Trinajstić information content (AvgIpc) is 3.12. The number of guanidine groups is 1. The number of nitrogens with zero attached hydrogens (tertiary/aromatic N) is 2. The number of benzene rings is 3. The molecule has 9 heteroatoms. The number of carbonyl (C=O) groups is 2. The van der Waals surface area contributed by atoms with Crippen molar-refractivity contribution in [1.29, 1.82) is 0 Å². The molecule has 3 aromatic rings. The molecule has 2 amide bonds. The van der Waals surface area contributed by atoms with Crippen molar-refractivity contribution in [3.63, 3.8) is 0 Å². The molecule has 3 atom stereocenters. The highest BCUT2D eigenvalue weighted by Gasteiger charge is 2.32. The van der Waals surface area contributed by atoms with E-state index in [0.29, 0.717) is 49.1 Å². The molecule has 0 saturated carbocycles. The van der Waals surface area contributed by atoms with Crippen molar-refractivity contribution in [2.24, 2.45) is 10.7 Å². The summed E-state index contributed by atoms with van der Waals surface area (Å²) in [6.45, 7) is 8.25. The van der Waals surface area contributed by atoms with Crippen molar-refractivity contribution in [2.45, 2.75) is 64.1 Å². The van der Waals surface area contributed by atoms with Crippen molar-refractivity contribution < 1.29 is 9.59 Å². The maximum Gasteiger partial charge on any atom is 0.251 e. The number of fused-ring (bicyclic) bond motifs is 1. The van der Waals surface area contributed by atoms with Crippen LogP contribution in [0.2, 0.25) is 5.02 Å². The lowest BCUT2D eigenvalue weighted by atomic mass is 9.95. The Bertz CT molecular complexity index is 1380. The van der Waals surface area contributed by atoms with E-state index in [1.54, 1.807) is 0 Å². The van der Waals surface area contributed by atoms with Crippen LogP contribution in [0.25, 0.3) is 10.8 Å². The molecular weight excluding hydrogens is 548 g/mol. The van der Waals surface area contributed by atoms with Crippen molar-refractivity contribution >= 4 is 40.1 Å². The molecule has 1 saturated heterocycles. The second-order valence-electron chi connectivity index (χ2n) is 11.3. The van der Waals surface area contributed by atoms with E-state index in [2.05, 4.69) is 40.0 Å². The molecule has 5 N–H and O–H groups in total. The van der Waals surface area contributed by atoms with Gasteiger partial charge in [-0.05, 0) is 73.7 Å². The molecule has 1 heterocycles. The Hall–Kier alpha value is -3.62. The summed E-state index contributed by atoms with van der Waals surface area (Å²) < 4.78 is 0. The maximum atomic E-state index is 13.8. The van der Waals surface area contributed by atoms with Crippen LogP contribution in [0.15, 0.2) is 71.7 Å². The Labute approximate surface area is 254 Å². The fourth-order valence-electron chi connectivity index (χ4n) is 5.42. The Kier molecular flexibility index (Phi) is 11.2. The van der Waals surface area contributed by atoms with Gasteiger partial charge in [-0.15, -0.1) is 0 Å². The molecule has 0 aromatic heterocycles. The molecule has 4 rings (SSSR count). The molecule has 224 valence electrons. The summed E-state index contributed by atoms with van der Waals surface area (Å²) in [4.78, 5) is 33.3. The smallest absolute Gasteiger partial charge is 0.251 e. The van der Waals surface area contributed by atoms with Gasteiger partial charge in [0.2, 0.25) is 5.91 Å². The van der Waals surface area contributed by atoms with Crippen LogP contribution in [-0.2, 0) is 4.79 Å². The molecule has 3 unspecified atom stereocenters. The fraction of sp³-hybridized carbons (Fsp3) is 0.424. The standard InChI is InChI=1S/C33H43ClN6O2/c1-4-23(24-8-6-5-7-9-24)21-40-17-15-29(39-30(32(40)42)14-16-36-33(35)38-22(2)3)20-37-31(41)27-11-10-26-19-28(34)13-12-25(26)18-27/h5-13,18-19,22-23,29-30,39H,4,14-17,20-21H2,1-3H3,(H,37,41)(H3,35,36,38). The van der Waals surface area contributed by atoms with Gasteiger partial charge in [0.05, 0.1) is 6.04 Å². The second kappa shape index (κ2) is 15.0. The van der Waals surface area contributed by atoms with E-state index in [1.807, 2.05) is 73.3 Å². The van der Waals surface area contributed by atoms with E-state index in [9.17, 15) is 9.59 Å². The minimum Gasteiger partial charge on any atom is -0.370 e. The van der Waals surface area contributed by atoms with Gasteiger partial charge in [0.15, 0.2) is 5.96 Å². The van der Waals surface area contributed by atoms with Crippen LogP contribution < -0.4 is 21.7 Å². The summed E-state index contributed by atoms with van der Waals surface area (Å²) in [5.41, 5.74) is 7.83. The minimum atomic E-state index is -0.427. The third kappa shape index (κ3) is 8.69. The highest BCUT2D eigenvalue weighted by atomic mass is 35.5. The number of nitrogens with two attached hydrogens (primary N) is 1. The summed E-state index contributed by atoms with van der Waals surface area (Å²) in [5, 5.41) is 12.3. The molecule has 0 aliphatic carbocycles. The molecule has 8 nitrogen and oxygen atoms in total. The summed E-state index contributed by atoms with van der Waals surface area (Å²) in [6, 6.07) is 21.3. The predicted molar refractivity (Wildman–Crippen MR) is 172 cm³/mol. The van der Waals surface area contributed by atoms with Gasteiger partial charge in [0, 0.05) is 54.8 Å². The summed E-state index contributed by atoms with van der Waals surface area (Å²) in [6.07, 6.45) is 2.17. The van der Waals surface area contributed by atoms with E-state index < -0.39 is 6.04 Å². The number of halogens is 1. The van der Waals surface area contributed by atoms with Crippen LogP contribution >= 0.6 is 11.6 Å². The van der Waals surface area contributed by atoms with Crippen LogP contribution in [-0.4, -0.2) is 67.0 Å². The fourth-order valence-corrected chi connectivity index (χ4v) is 5.60. The van der Waals surface area contributed by atoms with E-state index in [0.717, 1.165) is 23.6 Å². The number of rotatable bonds is 11. The lowest BCUT2D eigenvalue weighted by Crippen LogP contribution is -2.49. The molecule has 0 radical (unpaired) electrons. The van der Waals surface area contributed by atoms with E-state index in [-0.39, 0.29) is 29.8 Å². The van der Waals surface area contributed by atoms with Gasteiger partial charge in [-0.25, -0.2) is 0 Å². The van der Waals surface area contributed by atoms with Crippen molar-refractivity contribution in [2.75, 3.05) is 26.2 Å². The highest BCUT2D eigenvalue weighted by Crippen LogP contribution is 2.23. The SMILES string of the molecule is CCC(CN1CCC(CNC(=O)c2ccc3cc(Cl)ccc3c2)NC(CCN=C(N)NC(C)C)C1=O)c1ccccc1. The van der Waals surface area contributed by atoms with Crippen LogP contribution in [0.1, 0.15) is 61.9 Å². The summed E-state index contributed by atoms with van der Waals surface area (Å²) >= 11 is 6.11. The second-order valence-corrected chi connectivity index (χ2v) is 11.7. The largest absolute Gasteiger partial charge is 0.370 e. The number of aliphatic imine (C=N–C) groups is 1. The van der Waals surface area contributed by atoms with Gasteiger partial charge in [-0.3, -0.25) is 14.6 Å². The third-order valence-electron chi connectivity index (χ3n) is 7.71. The zero-order chi connectivity index (χ0) is 30.1. The van der Waals surface area contributed by atoms with Crippen LogP contribution in [0, 0.1) is 0 Å². The minimum absolute atomic E-state index is 0.0667. The number of hydrogen-bond acceptors (Lipinski definition) is 4. The van der Waals surface area contributed by atoms with E-state index >= 15 is 0 Å². The van der Waals surface area contributed by atoms with Crippen LogP contribution in [0.4, 0.5) is 0 Å². The quantitative estimate of drug-likeness (QED) is 0.191. The maximum absolute atomic E-state index is 13.8. The zero-order valence-electron chi connectivity index (χ0n) is 24.8. The topological polar surface area (TPSA) is 112 Å². The van der Waals surface area contributed by atoms with Gasteiger partial charge in [0.25, 0.3) is 5.91 Å². The lowest BCUT2D eigenvalue weighted by Gasteiger charge is -2.28. The first kappa shape index (κ1) is 31.3. The van der Waals surface area contributed by atoms with Gasteiger partial charge in [0.1, 0.15) is 0 Å². The van der Waals surface area contributed by atoms with Crippen molar-refractivity contribution in [3.8, 4) is 0 Å². The summed E-state index contributed by atoms with van der Waals surface area (Å²) in [5.74, 6) is 0.542. The average molecular weight is 591 g/mol. The molecule has 1 fully saturated rings. The normalized spacial score (nSPS) is 18.6. The first-order chi connectivity index (χ1) is 20.2. The van der Waals surface area contributed by atoms with Crippen molar-refractivity contribution in [3.05, 3.63) is 82.9 Å². The molecule has 3 aromatic carbocycles. The Morgan fingerprint density at radius 2 is 1.86 bits per heavy atom. The first-order valence-corrected chi connectivity index (χ1v) is 15.2. The monoisotopic (exact) mass is 590 g/mol. The van der Waals surface area contributed by atoms with E-state index in [1.165, 1.54) is 5.56 Å². The van der Waals surface area contributed by atoms with Crippen molar-refractivity contribution in [1.82, 2.24) is 20.9 Å². The number of hydrogen-bond donors (Lipinski definition) is 4. The van der Waals surface area contributed by atoms with E-state index in [4.69, 9.17) is 17.3 Å². The predicted octanol–water partition coefficient (Wildman–Crippen LogP) is 4.68. The zero-order valence-corrected chi connectivity index (χ0v) is 25.5. The lowest BCUT2D eigenvalue weighted by molar-refractivity contribution is -0.133. The Balaban J connectivity index is 1.45. The van der Waals surface area contributed by atoms with Gasteiger partial charge < -0.3 is 26.6 Å². The number of nitrogens with one attached hydrogen (secondary N) is 3. The van der Waals surface area contributed by atoms with Crippen LogP contribution in [0.3, 0.4) is 0 Å².